The number of rotatable bonds is 4. The lowest BCUT2D eigenvalue weighted by Gasteiger charge is -2.36. The summed E-state index contributed by atoms with van der Waals surface area (Å²) in [6.07, 6.45) is -5.57. The summed E-state index contributed by atoms with van der Waals surface area (Å²) >= 11 is 0. The standard InChI is InChI=1S/C15H18F3N3O3/c16-15(17,18)6-4-13(23)20-10-5-8-21(9-12(10)22)14(24)11-3-1-2-7-19-11/h1-3,7,10,12,22H,4-6,8-9H2,(H,20,23). The Kier molecular flexibility index (Phi) is 5.76. The number of aliphatic hydroxyl groups excluding tert-OH is 1. The van der Waals surface area contributed by atoms with E-state index in [9.17, 15) is 27.9 Å². The van der Waals surface area contributed by atoms with Crippen molar-refractivity contribution in [1.82, 2.24) is 15.2 Å². The molecule has 1 aliphatic heterocycles. The molecular formula is C15H18F3N3O3. The number of halogens is 3. The fourth-order valence-corrected chi connectivity index (χ4v) is 2.47. The third-order valence-electron chi connectivity index (χ3n) is 3.74. The Labute approximate surface area is 136 Å². The molecule has 0 aliphatic carbocycles. The number of carbonyl (C=O) groups excluding carboxylic acids is 2. The van der Waals surface area contributed by atoms with Gasteiger partial charge in [-0.05, 0) is 18.6 Å². The van der Waals surface area contributed by atoms with Crippen molar-refractivity contribution in [3.8, 4) is 0 Å². The molecule has 1 aliphatic rings. The van der Waals surface area contributed by atoms with E-state index < -0.39 is 37.1 Å². The molecule has 1 fully saturated rings. The smallest absolute Gasteiger partial charge is 0.389 e. The van der Waals surface area contributed by atoms with Gasteiger partial charge in [0.05, 0.1) is 18.6 Å². The van der Waals surface area contributed by atoms with Crippen molar-refractivity contribution in [2.75, 3.05) is 13.1 Å². The minimum atomic E-state index is -4.39. The van der Waals surface area contributed by atoms with Crippen LogP contribution in [0.5, 0.6) is 0 Å². The summed E-state index contributed by atoms with van der Waals surface area (Å²) in [5.74, 6) is -1.10. The summed E-state index contributed by atoms with van der Waals surface area (Å²) in [4.78, 5) is 29.1. The fourth-order valence-electron chi connectivity index (χ4n) is 2.47. The van der Waals surface area contributed by atoms with Gasteiger partial charge < -0.3 is 15.3 Å². The van der Waals surface area contributed by atoms with Crippen LogP contribution >= 0.6 is 0 Å². The van der Waals surface area contributed by atoms with Crippen LogP contribution in [0.25, 0.3) is 0 Å². The average Bonchev–Trinajstić information content (AvgIpc) is 2.54. The van der Waals surface area contributed by atoms with Gasteiger partial charge in [0.1, 0.15) is 5.69 Å². The van der Waals surface area contributed by atoms with Gasteiger partial charge >= 0.3 is 6.18 Å². The number of nitrogens with zero attached hydrogens (tertiary/aromatic N) is 2. The number of alkyl halides is 3. The molecule has 2 amide bonds. The molecule has 2 heterocycles. The number of pyridine rings is 1. The van der Waals surface area contributed by atoms with Crippen LogP contribution in [0.3, 0.4) is 0 Å². The van der Waals surface area contributed by atoms with E-state index in [0.717, 1.165) is 0 Å². The van der Waals surface area contributed by atoms with Crippen LogP contribution < -0.4 is 5.32 Å². The summed E-state index contributed by atoms with van der Waals surface area (Å²) in [6, 6.07) is 4.23. The number of carbonyl (C=O) groups is 2. The molecule has 2 N–H and O–H groups in total. The fraction of sp³-hybridized carbons (Fsp3) is 0.533. The molecule has 6 nitrogen and oxygen atoms in total. The quantitative estimate of drug-likeness (QED) is 0.857. The number of hydrogen-bond acceptors (Lipinski definition) is 4. The Morgan fingerprint density at radius 2 is 2.12 bits per heavy atom. The minimum absolute atomic E-state index is 0.0143. The molecule has 1 aromatic rings. The van der Waals surface area contributed by atoms with E-state index in [1.807, 2.05) is 0 Å². The molecule has 2 unspecified atom stereocenters. The third-order valence-corrected chi connectivity index (χ3v) is 3.74. The molecule has 9 heteroatoms. The molecule has 0 aromatic carbocycles. The first-order chi connectivity index (χ1) is 11.3. The number of likely N-dealkylation sites (tertiary alicyclic amines) is 1. The first-order valence-corrected chi connectivity index (χ1v) is 7.51. The van der Waals surface area contributed by atoms with Gasteiger partial charge in [0.15, 0.2) is 0 Å². The SMILES string of the molecule is O=C(CCC(F)(F)F)NC1CCN(C(=O)c2ccccn2)CC1O. The van der Waals surface area contributed by atoms with Gasteiger partial charge in [0.2, 0.25) is 5.91 Å². The summed E-state index contributed by atoms with van der Waals surface area (Å²) < 4.78 is 36.3. The molecular weight excluding hydrogens is 327 g/mol. The molecule has 1 aromatic heterocycles. The van der Waals surface area contributed by atoms with Gasteiger partial charge in [-0.15, -0.1) is 0 Å². The molecule has 0 spiro atoms. The van der Waals surface area contributed by atoms with Gasteiger partial charge in [0, 0.05) is 25.7 Å². The van der Waals surface area contributed by atoms with E-state index >= 15 is 0 Å². The normalized spacial score (nSPS) is 21.4. The zero-order valence-electron chi connectivity index (χ0n) is 12.8. The second kappa shape index (κ2) is 7.61. The highest BCUT2D eigenvalue weighted by atomic mass is 19.4. The maximum absolute atomic E-state index is 12.2. The molecule has 1 saturated heterocycles. The Morgan fingerprint density at radius 3 is 2.71 bits per heavy atom. The molecule has 132 valence electrons. The van der Waals surface area contributed by atoms with Gasteiger partial charge in [-0.3, -0.25) is 14.6 Å². The Bertz CT molecular complexity index is 580. The first-order valence-electron chi connectivity index (χ1n) is 7.51. The molecule has 0 saturated carbocycles. The second-order valence-corrected chi connectivity index (χ2v) is 5.61. The van der Waals surface area contributed by atoms with E-state index in [2.05, 4.69) is 10.3 Å². The Hall–Kier alpha value is -2.16. The third kappa shape index (κ3) is 5.19. The van der Waals surface area contributed by atoms with E-state index in [-0.39, 0.29) is 31.1 Å². The summed E-state index contributed by atoms with van der Waals surface area (Å²) in [5, 5.41) is 12.5. The average molecular weight is 345 g/mol. The highest BCUT2D eigenvalue weighted by Crippen LogP contribution is 2.21. The minimum Gasteiger partial charge on any atom is -0.389 e. The summed E-state index contributed by atoms with van der Waals surface area (Å²) in [5.41, 5.74) is 0.248. The number of hydrogen-bond donors (Lipinski definition) is 2. The van der Waals surface area contributed by atoms with Crippen LogP contribution in [0, 0.1) is 0 Å². The lowest BCUT2D eigenvalue weighted by atomic mass is 10.0. The molecule has 0 radical (unpaired) electrons. The summed E-state index contributed by atoms with van der Waals surface area (Å²) in [6.45, 7) is 0.260. The number of aliphatic hydroxyl groups is 1. The second-order valence-electron chi connectivity index (χ2n) is 5.61. The monoisotopic (exact) mass is 345 g/mol. The van der Waals surface area contributed by atoms with E-state index in [1.165, 1.54) is 11.1 Å². The number of amides is 2. The van der Waals surface area contributed by atoms with Crippen molar-refractivity contribution in [3.63, 3.8) is 0 Å². The topological polar surface area (TPSA) is 82.5 Å². The van der Waals surface area contributed by atoms with E-state index in [0.29, 0.717) is 0 Å². The lowest BCUT2D eigenvalue weighted by Crippen LogP contribution is -2.55. The van der Waals surface area contributed by atoms with Crippen molar-refractivity contribution in [2.24, 2.45) is 0 Å². The highest BCUT2D eigenvalue weighted by Gasteiger charge is 2.33. The maximum atomic E-state index is 12.2. The molecule has 2 atom stereocenters. The Balaban J connectivity index is 1.84. The Morgan fingerprint density at radius 1 is 1.38 bits per heavy atom. The molecule has 2 rings (SSSR count). The first kappa shape index (κ1) is 18.2. The highest BCUT2D eigenvalue weighted by molar-refractivity contribution is 5.92. The van der Waals surface area contributed by atoms with Gasteiger partial charge in [-0.1, -0.05) is 6.07 Å². The van der Waals surface area contributed by atoms with Crippen molar-refractivity contribution in [2.45, 2.75) is 37.6 Å². The van der Waals surface area contributed by atoms with Crippen LogP contribution in [0.4, 0.5) is 13.2 Å². The van der Waals surface area contributed by atoms with Gasteiger partial charge in [0.25, 0.3) is 5.91 Å². The molecule has 24 heavy (non-hydrogen) atoms. The van der Waals surface area contributed by atoms with Crippen LogP contribution in [0.2, 0.25) is 0 Å². The van der Waals surface area contributed by atoms with Crippen LogP contribution in [0.15, 0.2) is 24.4 Å². The van der Waals surface area contributed by atoms with Crippen LogP contribution in [-0.4, -0.2) is 58.2 Å². The maximum Gasteiger partial charge on any atom is 0.389 e. The van der Waals surface area contributed by atoms with Crippen molar-refractivity contribution < 1.29 is 27.9 Å². The van der Waals surface area contributed by atoms with Crippen LogP contribution in [0.1, 0.15) is 29.8 Å². The zero-order valence-corrected chi connectivity index (χ0v) is 12.8. The predicted octanol–water partition coefficient (Wildman–Crippen LogP) is 1.12. The van der Waals surface area contributed by atoms with Crippen molar-refractivity contribution in [1.29, 1.82) is 0 Å². The van der Waals surface area contributed by atoms with Crippen molar-refractivity contribution in [3.05, 3.63) is 30.1 Å². The number of aromatic nitrogens is 1. The number of piperidine rings is 1. The predicted molar refractivity (Wildman–Crippen MR) is 78.0 cm³/mol. The van der Waals surface area contributed by atoms with E-state index in [4.69, 9.17) is 0 Å². The zero-order chi connectivity index (χ0) is 17.7. The lowest BCUT2D eigenvalue weighted by molar-refractivity contribution is -0.144. The van der Waals surface area contributed by atoms with Gasteiger partial charge in [-0.2, -0.15) is 13.2 Å². The summed E-state index contributed by atoms with van der Waals surface area (Å²) in [7, 11) is 0. The molecule has 0 bridgehead atoms. The van der Waals surface area contributed by atoms with E-state index in [1.54, 1.807) is 18.2 Å². The van der Waals surface area contributed by atoms with Gasteiger partial charge in [-0.25, -0.2) is 0 Å². The van der Waals surface area contributed by atoms with Crippen LogP contribution in [-0.2, 0) is 4.79 Å². The number of nitrogens with one attached hydrogen (secondary N) is 1. The number of β-amino-alcohol motifs (C(OH)–C–C–N with tert-alkyl or cyclic N) is 1. The van der Waals surface area contributed by atoms with Crippen molar-refractivity contribution >= 4 is 11.8 Å². The largest absolute Gasteiger partial charge is 0.389 e.